The van der Waals surface area contributed by atoms with Gasteiger partial charge in [0.05, 0.1) is 6.61 Å². The highest BCUT2D eigenvalue weighted by molar-refractivity contribution is 5.79. The maximum absolute atomic E-state index is 5.63. The summed E-state index contributed by atoms with van der Waals surface area (Å²) in [6.45, 7) is 11.5. The maximum Gasteiger partial charge on any atom is 0.191 e. The molecule has 3 N–H and O–H groups in total. The number of nitrogens with zero attached hydrogens (tertiary/aromatic N) is 1. The molecule has 0 aliphatic rings. The van der Waals surface area contributed by atoms with E-state index in [1.807, 2.05) is 25.1 Å². The fraction of sp³-hybridized carbons (Fsp3) is 0.588. The Morgan fingerprint density at radius 2 is 1.86 bits per heavy atom. The first-order chi connectivity index (χ1) is 10.5. The number of rotatable bonds is 7. The predicted octanol–water partition coefficient (Wildman–Crippen LogP) is 2.14. The van der Waals surface area contributed by atoms with Gasteiger partial charge in [-0.05, 0) is 33.8 Å². The van der Waals surface area contributed by atoms with Gasteiger partial charge in [-0.1, -0.05) is 18.2 Å². The van der Waals surface area contributed by atoms with Crippen molar-refractivity contribution in [3.8, 4) is 5.75 Å². The number of aliphatic imine (C=N–C) groups is 1. The second-order valence-electron chi connectivity index (χ2n) is 6.07. The van der Waals surface area contributed by atoms with E-state index in [4.69, 9.17) is 4.74 Å². The number of hydrogen-bond acceptors (Lipinski definition) is 3. The highest BCUT2D eigenvalue weighted by Crippen LogP contribution is 2.17. The second-order valence-corrected chi connectivity index (χ2v) is 6.07. The molecule has 0 heterocycles. The molecule has 1 aromatic rings. The Labute approximate surface area is 134 Å². The molecule has 0 fully saturated rings. The summed E-state index contributed by atoms with van der Waals surface area (Å²) < 4.78 is 5.63. The van der Waals surface area contributed by atoms with Crippen LogP contribution in [-0.4, -0.2) is 38.2 Å². The van der Waals surface area contributed by atoms with E-state index < -0.39 is 0 Å². The summed E-state index contributed by atoms with van der Waals surface area (Å²) in [5.74, 6) is 1.71. The van der Waals surface area contributed by atoms with Gasteiger partial charge in [-0.2, -0.15) is 0 Å². The molecule has 0 aliphatic carbocycles. The van der Waals surface area contributed by atoms with Crippen LogP contribution in [0.3, 0.4) is 0 Å². The lowest BCUT2D eigenvalue weighted by Gasteiger charge is -2.21. The summed E-state index contributed by atoms with van der Waals surface area (Å²) in [6.07, 6.45) is 0. The number of hydrogen-bond donors (Lipinski definition) is 3. The van der Waals surface area contributed by atoms with Gasteiger partial charge in [-0.3, -0.25) is 4.99 Å². The molecular formula is C17H30N4O. The molecule has 0 saturated heterocycles. The molecule has 5 heteroatoms. The van der Waals surface area contributed by atoms with Gasteiger partial charge in [-0.25, -0.2) is 0 Å². The van der Waals surface area contributed by atoms with Gasteiger partial charge in [0.1, 0.15) is 5.75 Å². The largest absolute Gasteiger partial charge is 0.494 e. The molecule has 0 bridgehead atoms. The molecule has 0 aliphatic heterocycles. The van der Waals surface area contributed by atoms with Crippen molar-refractivity contribution in [2.45, 2.75) is 39.8 Å². The van der Waals surface area contributed by atoms with Crippen molar-refractivity contribution in [1.82, 2.24) is 16.0 Å². The fourth-order valence-electron chi connectivity index (χ4n) is 1.96. The van der Waals surface area contributed by atoms with E-state index in [1.54, 1.807) is 7.05 Å². The summed E-state index contributed by atoms with van der Waals surface area (Å²) in [7, 11) is 1.78. The standard InChI is InChI=1S/C17H30N4O/c1-6-22-15-10-8-7-9-14(15)13-20-16(18-5)19-11-12-21-17(2,3)4/h7-10,21H,6,11-13H2,1-5H3,(H2,18,19,20). The minimum Gasteiger partial charge on any atom is -0.494 e. The van der Waals surface area contributed by atoms with Crippen LogP contribution in [-0.2, 0) is 6.54 Å². The van der Waals surface area contributed by atoms with Crippen LogP contribution in [0, 0.1) is 0 Å². The lowest BCUT2D eigenvalue weighted by molar-refractivity contribution is 0.336. The highest BCUT2D eigenvalue weighted by Gasteiger charge is 2.08. The van der Waals surface area contributed by atoms with Crippen LogP contribution in [0.1, 0.15) is 33.3 Å². The molecule has 5 nitrogen and oxygen atoms in total. The normalized spacial score (nSPS) is 12.1. The summed E-state index contributed by atoms with van der Waals surface area (Å²) in [4.78, 5) is 4.24. The third-order valence-electron chi connectivity index (χ3n) is 3.02. The second kappa shape index (κ2) is 9.30. The smallest absolute Gasteiger partial charge is 0.191 e. The van der Waals surface area contributed by atoms with Gasteiger partial charge in [0.15, 0.2) is 5.96 Å². The van der Waals surface area contributed by atoms with Gasteiger partial charge in [0.2, 0.25) is 0 Å². The van der Waals surface area contributed by atoms with Gasteiger partial charge in [0, 0.05) is 37.8 Å². The zero-order chi connectivity index (χ0) is 16.4. The third-order valence-corrected chi connectivity index (χ3v) is 3.02. The Balaban J connectivity index is 2.41. The highest BCUT2D eigenvalue weighted by atomic mass is 16.5. The van der Waals surface area contributed by atoms with E-state index >= 15 is 0 Å². The van der Waals surface area contributed by atoms with Crippen molar-refractivity contribution in [3.05, 3.63) is 29.8 Å². The average molecular weight is 306 g/mol. The van der Waals surface area contributed by atoms with Crippen LogP contribution in [0.4, 0.5) is 0 Å². The zero-order valence-corrected chi connectivity index (χ0v) is 14.5. The molecule has 0 radical (unpaired) electrons. The predicted molar refractivity (Wildman–Crippen MR) is 93.6 cm³/mol. The number of benzene rings is 1. The monoisotopic (exact) mass is 306 g/mol. The summed E-state index contributed by atoms with van der Waals surface area (Å²) in [5, 5.41) is 10.0. The van der Waals surface area contributed by atoms with Gasteiger partial charge in [0.25, 0.3) is 0 Å². The SMILES string of the molecule is CCOc1ccccc1CNC(=NC)NCCNC(C)(C)C. The van der Waals surface area contributed by atoms with Crippen molar-refractivity contribution in [2.75, 3.05) is 26.7 Å². The molecule has 1 rings (SSSR count). The Kier molecular flexibility index (Phi) is 7.74. The molecule has 0 unspecified atom stereocenters. The molecule has 124 valence electrons. The Morgan fingerprint density at radius 3 is 2.50 bits per heavy atom. The third kappa shape index (κ3) is 7.31. The minimum atomic E-state index is 0.134. The quantitative estimate of drug-likeness (QED) is 0.410. The van der Waals surface area contributed by atoms with Crippen molar-refractivity contribution < 1.29 is 4.74 Å². The van der Waals surface area contributed by atoms with Crippen molar-refractivity contribution in [1.29, 1.82) is 0 Å². The molecule has 0 aromatic heterocycles. The van der Waals surface area contributed by atoms with E-state index in [0.29, 0.717) is 13.2 Å². The fourth-order valence-corrected chi connectivity index (χ4v) is 1.96. The average Bonchev–Trinajstić information content (AvgIpc) is 2.47. The van der Waals surface area contributed by atoms with E-state index in [2.05, 4.69) is 47.8 Å². The number of nitrogens with one attached hydrogen (secondary N) is 3. The van der Waals surface area contributed by atoms with Gasteiger partial charge >= 0.3 is 0 Å². The van der Waals surface area contributed by atoms with Crippen LogP contribution in [0.2, 0.25) is 0 Å². The lowest BCUT2D eigenvalue weighted by atomic mass is 10.1. The van der Waals surface area contributed by atoms with Crippen LogP contribution < -0.4 is 20.7 Å². The molecule has 0 amide bonds. The Morgan fingerprint density at radius 1 is 1.14 bits per heavy atom. The van der Waals surface area contributed by atoms with Crippen molar-refractivity contribution in [3.63, 3.8) is 0 Å². The lowest BCUT2D eigenvalue weighted by Crippen LogP contribution is -2.44. The maximum atomic E-state index is 5.63. The summed E-state index contributed by atoms with van der Waals surface area (Å²) >= 11 is 0. The van der Waals surface area contributed by atoms with E-state index in [-0.39, 0.29) is 5.54 Å². The van der Waals surface area contributed by atoms with Crippen LogP contribution in [0.15, 0.2) is 29.3 Å². The molecular weight excluding hydrogens is 276 g/mol. The van der Waals surface area contributed by atoms with Gasteiger partial charge < -0.3 is 20.7 Å². The molecule has 22 heavy (non-hydrogen) atoms. The molecule has 1 aromatic carbocycles. The number of para-hydroxylation sites is 1. The van der Waals surface area contributed by atoms with Crippen LogP contribution in [0.25, 0.3) is 0 Å². The summed E-state index contributed by atoms with van der Waals surface area (Å²) in [5.41, 5.74) is 1.26. The number of ether oxygens (including phenoxy) is 1. The Bertz CT molecular complexity index is 466. The van der Waals surface area contributed by atoms with Crippen molar-refractivity contribution >= 4 is 5.96 Å². The first-order valence-electron chi connectivity index (χ1n) is 7.86. The van der Waals surface area contributed by atoms with E-state index in [0.717, 1.165) is 30.4 Å². The summed E-state index contributed by atoms with van der Waals surface area (Å²) in [6, 6.07) is 8.05. The topological polar surface area (TPSA) is 57.7 Å². The van der Waals surface area contributed by atoms with Crippen LogP contribution in [0.5, 0.6) is 5.75 Å². The van der Waals surface area contributed by atoms with E-state index in [1.165, 1.54) is 0 Å². The molecule has 0 atom stereocenters. The van der Waals surface area contributed by atoms with Gasteiger partial charge in [-0.15, -0.1) is 0 Å². The first-order valence-corrected chi connectivity index (χ1v) is 7.86. The zero-order valence-electron chi connectivity index (χ0n) is 14.5. The van der Waals surface area contributed by atoms with Crippen molar-refractivity contribution in [2.24, 2.45) is 4.99 Å². The van der Waals surface area contributed by atoms with Crippen LogP contribution >= 0.6 is 0 Å². The number of guanidine groups is 1. The molecule has 0 saturated carbocycles. The van der Waals surface area contributed by atoms with E-state index in [9.17, 15) is 0 Å². The first kappa shape index (κ1) is 18.3. The Hall–Kier alpha value is -1.75. The molecule has 0 spiro atoms. The minimum absolute atomic E-state index is 0.134.